The first kappa shape index (κ1) is 26.9. The number of nitrogens with one attached hydrogen (secondary N) is 1. The predicted molar refractivity (Wildman–Crippen MR) is 140 cm³/mol. The first-order valence-electron chi connectivity index (χ1n) is 10.1. The van der Waals surface area contributed by atoms with Crippen LogP contribution in [-0.4, -0.2) is 15.7 Å². The highest BCUT2D eigenvalue weighted by Gasteiger charge is 2.21. The lowest BCUT2D eigenvalue weighted by molar-refractivity contribution is 0.0992. The number of hydrogen-bond donors (Lipinski definition) is 1. The summed E-state index contributed by atoms with van der Waals surface area (Å²) in [5.74, 6) is -0.298. The molecule has 1 amide bonds. The molecule has 0 fully saturated rings. The molecule has 0 spiro atoms. The monoisotopic (exact) mass is 609 g/mol. The van der Waals surface area contributed by atoms with E-state index in [4.69, 9.17) is 78.8 Å². The first-order chi connectivity index (χ1) is 17.0. The summed E-state index contributed by atoms with van der Waals surface area (Å²) >= 11 is 36.5. The van der Waals surface area contributed by atoms with Crippen LogP contribution in [0.4, 0.5) is 10.2 Å². The van der Waals surface area contributed by atoms with Gasteiger partial charge in [-0.15, -0.1) is 0 Å². The van der Waals surface area contributed by atoms with Gasteiger partial charge in [-0.05, 0) is 36.8 Å². The van der Waals surface area contributed by atoms with Gasteiger partial charge in [0.15, 0.2) is 17.3 Å². The summed E-state index contributed by atoms with van der Waals surface area (Å²) in [4.78, 5) is 12.7. The van der Waals surface area contributed by atoms with E-state index in [9.17, 15) is 9.18 Å². The van der Waals surface area contributed by atoms with Crippen molar-refractivity contribution in [2.75, 3.05) is 5.32 Å². The number of hydrogen-bond acceptors (Lipinski definition) is 4. The number of rotatable bonds is 7. The minimum absolute atomic E-state index is 0.00123. The Balaban J connectivity index is 1.42. The third kappa shape index (κ3) is 5.72. The van der Waals surface area contributed by atoms with Crippen molar-refractivity contribution in [1.82, 2.24) is 9.78 Å². The minimum atomic E-state index is -0.528. The molecule has 0 bridgehead atoms. The van der Waals surface area contributed by atoms with Crippen LogP contribution in [0.3, 0.4) is 0 Å². The molecule has 0 aliphatic carbocycles. The summed E-state index contributed by atoms with van der Waals surface area (Å²) in [7, 11) is 0. The number of nitrogens with zero attached hydrogens (tertiary/aromatic N) is 2. The quantitative estimate of drug-likeness (QED) is 0.168. The van der Waals surface area contributed by atoms with Crippen LogP contribution in [0.2, 0.25) is 30.1 Å². The molecule has 188 valence electrons. The molecule has 6 nitrogen and oxygen atoms in total. The molecule has 2 heterocycles. The average Bonchev–Trinajstić information content (AvgIpc) is 3.44. The molecule has 0 unspecified atom stereocenters. The number of carbonyl (C=O) groups is 1. The van der Waals surface area contributed by atoms with Gasteiger partial charge in [0.2, 0.25) is 0 Å². The largest absolute Gasteiger partial charge is 0.482 e. The van der Waals surface area contributed by atoms with Gasteiger partial charge in [0.25, 0.3) is 5.91 Å². The van der Waals surface area contributed by atoms with E-state index in [2.05, 4.69) is 10.4 Å². The lowest BCUT2D eigenvalue weighted by Crippen LogP contribution is -2.12. The van der Waals surface area contributed by atoms with Gasteiger partial charge < -0.3 is 14.5 Å². The third-order valence-corrected chi connectivity index (χ3v) is 7.57. The zero-order valence-electron chi connectivity index (χ0n) is 18.1. The highest BCUT2D eigenvalue weighted by Crippen LogP contribution is 2.48. The average molecular weight is 612 g/mol. The van der Waals surface area contributed by atoms with Gasteiger partial charge >= 0.3 is 0 Å². The molecule has 2 aromatic heterocycles. The highest BCUT2D eigenvalue weighted by atomic mass is 35.5. The SMILES string of the molecule is Cc1cc(NC(=O)c2ccc(COc3c(Cl)c(Cl)c(Cl)c(Cl)c3Cl)o2)nn1Cc1ccc(F)cc1Cl. The van der Waals surface area contributed by atoms with Crippen LogP contribution in [-0.2, 0) is 13.2 Å². The number of aromatic nitrogens is 2. The number of furan rings is 1. The Kier molecular flexibility index (Phi) is 8.29. The second kappa shape index (κ2) is 11.1. The summed E-state index contributed by atoms with van der Waals surface area (Å²) in [5.41, 5.74) is 1.44. The Morgan fingerprint density at radius 1 is 1.00 bits per heavy atom. The third-order valence-electron chi connectivity index (χ3n) is 4.97. The summed E-state index contributed by atoms with van der Waals surface area (Å²) in [6.07, 6.45) is 0. The van der Waals surface area contributed by atoms with Crippen LogP contribution < -0.4 is 10.1 Å². The summed E-state index contributed by atoms with van der Waals surface area (Å²) in [5, 5.41) is 7.31. The van der Waals surface area contributed by atoms with Gasteiger partial charge in [-0.25, -0.2) is 4.39 Å². The molecule has 2 aromatic carbocycles. The van der Waals surface area contributed by atoms with Crippen LogP contribution in [0.15, 0.2) is 40.8 Å². The van der Waals surface area contributed by atoms with Crippen LogP contribution in [0.1, 0.15) is 27.6 Å². The molecule has 0 saturated heterocycles. The van der Waals surface area contributed by atoms with E-state index in [1.165, 1.54) is 18.2 Å². The Hall–Kier alpha value is -2.13. The van der Waals surface area contributed by atoms with Gasteiger partial charge in [-0.3, -0.25) is 9.48 Å². The van der Waals surface area contributed by atoms with Crippen molar-refractivity contribution in [2.24, 2.45) is 0 Å². The van der Waals surface area contributed by atoms with Crippen molar-refractivity contribution in [2.45, 2.75) is 20.1 Å². The van der Waals surface area contributed by atoms with Gasteiger partial charge in [0.05, 0.1) is 21.6 Å². The number of anilines is 1. The van der Waals surface area contributed by atoms with Gasteiger partial charge in [0, 0.05) is 16.8 Å². The van der Waals surface area contributed by atoms with Crippen molar-refractivity contribution in [3.8, 4) is 5.75 Å². The number of carbonyl (C=O) groups excluding carboxylic acids is 1. The predicted octanol–water partition coefficient (Wildman–Crippen LogP) is 8.72. The van der Waals surface area contributed by atoms with Crippen molar-refractivity contribution < 1.29 is 18.3 Å². The van der Waals surface area contributed by atoms with Crippen molar-refractivity contribution in [3.63, 3.8) is 0 Å². The molecule has 0 atom stereocenters. The second-order valence-electron chi connectivity index (χ2n) is 7.47. The maximum absolute atomic E-state index is 13.3. The highest BCUT2D eigenvalue weighted by molar-refractivity contribution is 6.55. The fourth-order valence-electron chi connectivity index (χ4n) is 3.15. The van der Waals surface area contributed by atoms with E-state index in [0.29, 0.717) is 23.7 Å². The molecule has 1 N–H and O–H groups in total. The molecule has 0 aliphatic rings. The Labute approximate surface area is 234 Å². The lowest BCUT2D eigenvalue weighted by Gasteiger charge is -2.12. The second-order valence-corrected chi connectivity index (χ2v) is 9.77. The smallest absolute Gasteiger partial charge is 0.292 e. The normalized spacial score (nSPS) is 11.1. The number of aryl methyl sites for hydroxylation is 1. The van der Waals surface area contributed by atoms with Gasteiger partial charge in [-0.1, -0.05) is 75.7 Å². The van der Waals surface area contributed by atoms with Crippen LogP contribution in [0, 0.1) is 12.7 Å². The molecular weight excluding hydrogens is 598 g/mol. The number of benzene rings is 2. The molecule has 0 saturated carbocycles. The van der Waals surface area contributed by atoms with E-state index in [1.54, 1.807) is 22.9 Å². The molecule has 4 rings (SSSR count). The number of ether oxygens (including phenoxy) is 1. The van der Waals surface area contributed by atoms with Crippen LogP contribution >= 0.6 is 69.6 Å². The standard InChI is InChI=1S/C23H14Cl6FN3O3/c1-10-6-16(32-33(10)8-11-2-3-12(30)7-14(11)24)31-23(34)15-5-4-13(36-15)9-35-22-20(28)18(26)17(25)19(27)21(22)29/h2-7H,8-9H2,1H3,(H,31,32,34). The van der Waals surface area contributed by atoms with E-state index >= 15 is 0 Å². The Bertz CT molecular complexity index is 1440. The topological polar surface area (TPSA) is 69.3 Å². The first-order valence-corrected chi connectivity index (χ1v) is 12.3. The zero-order valence-corrected chi connectivity index (χ0v) is 22.7. The fourth-order valence-corrected chi connectivity index (χ4v) is 4.61. The van der Waals surface area contributed by atoms with Crippen molar-refractivity contribution in [1.29, 1.82) is 0 Å². The lowest BCUT2D eigenvalue weighted by atomic mass is 10.2. The maximum Gasteiger partial charge on any atom is 0.292 e. The van der Waals surface area contributed by atoms with E-state index in [-0.39, 0.29) is 48.3 Å². The Morgan fingerprint density at radius 3 is 2.33 bits per heavy atom. The van der Waals surface area contributed by atoms with E-state index in [0.717, 1.165) is 5.69 Å². The molecule has 0 radical (unpaired) electrons. The Morgan fingerprint density at radius 2 is 1.67 bits per heavy atom. The zero-order chi connectivity index (χ0) is 26.1. The van der Waals surface area contributed by atoms with Crippen molar-refractivity contribution >= 4 is 81.3 Å². The maximum atomic E-state index is 13.3. The van der Waals surface area contributed by atoms with E-state index in [1.807, 2.05) is 6.92 Å². The molecule has 4 aromatic rings. The molecule has 0 aliphatic heterocycles. The van der Waals surface area contributed by atoms with Crippen LogP contribution in [0.5, 0.6) is 5.75 Å². The van der Waals surface area contributed by atoms with Gasteiger partial charge in [0.1, 0.15) is 28.2 Å². The van der Waals surface area contributed by atoms with E-state index < -0.39 is 11.7 Å². The molecule has 36 heavy (non-hydrogen) atoms. The van der Waals surface area contributed by atoms with Gasteiger partial charge in [-0.2, -0.15) is 5.10 Å². The summed E-state index contributed by atoms with van der Waals surface area (Å²) in [6, 6.07) is 8.83. The molecule has 13 heteroatoms. The summed E-state index contributed by atoms with van der Waals surface area (Å²) in [6.45, 7) is 1.99. The van der Waals surface area contributed by atoms with Crippen molar-refractivity contribution in [3.05, 3.63) is 95.1 Å². The summed E-state index contributed by atoms with van der Waals surface area (Å²) < 4.78 is 26.1. The fraction of sp³-hybridized carbons (Fsp3) is 0.130. The number of halogens is 7. The minimum Gasteiger partial charge on any atom is -0.482 e. The number of amides is 1. The molecular formula is C23H14Cl6FN3O3. The van der Waals surface area contributed by atoms with Crippen LogP contribution in [0.25, 0.3) is 0 Å².